The molecule has 2 rings (SSSR count). The Morgan fingerprint density at radius 3 is 2.41 bits per heavy atom. The van der Waals surface area contributed by atoms with Gasteiger partial charge in [-0.25, -0.2) is 0 Å². The minimum Gasteiger partial charge on any atom is -0.494 e. The molecule has 0 saturated carbocycles. The molecule has 3 heteroatoms. The summed E-state index contributed by atoms with van der Waals surface area (Å²) in [6, 6.07) is 11.5. The third kappa shape index (κ3) is 3.88. The highest BCUT2D eigenvalue weighted by atomic mass is 16.5. The maximum Gasteiger partial charge on any atom is 0.255 e. The quantitative estimate of drug-likeness (QED) is 0.872. The van der Waals surface area contributed by atoms with Crippen LogP contribution in [0.15, 0.2) is 36.4 Å². The molecule has 0 saturated heterocycles. The first-order valence-electron chi connectivity index (χ1n) is 7.63. The van der Waals surface area contributed by atoms with Crippen LogP contribution in [0.1, 0.15) is 40.4 Å². The lowest BCUT2D eigenvalue weighted by Gasteiger charge is -2.12. The Balaban J connectivity index is 2.12. The number of anilines is 1. The van der Waals surface area contributed by atoms with Crippen LogP contribution in [0, 0.1) is 20.8 Å². The standard InChI is InChI=1S/C19H23NO2/c1-5-10-22-17-8-9-18(15(4)12-17)20-19(21)16-7-6-13(2)14(3)11-16/h6-9,11-12H,5,10H2,1-4H3,(H,20,21). The van der Waals surface area contributed by atoms with Crippen LogP contribution in [0.5, 0.6) is 5.75 Å². The van der Waals surface area contributed by atoms with Crippen LogP contribution in [-0.2, 0) is 0 Å². The van der Waals surface area contributed by atoms with Gasteiger partial charge in [0.15, 0.2) is 0 Å². The van der Waals surface area contributed by atoms with Crippen molar-refractivity contribution < 1.29 is 9.53 Å². The number of rotatable bonds is 5. The molecule has 0 aliphatic rings. The van der Waals surface area contributed by atoms with Crippen molar-refractivity contribution in [2.45, 2.75) is 34.1 Å². The van der Waals surface area contributed by atoms with Gasteiger partial charge in [0.1, 0.15) is 5.75 Å². The molecular formula is C19H23NO2. The van der Waals surface area contributed by atoms with Crippen molar-refractivity contribution in [1.82, 2.24) is 0 Å². The van der Waals surface area contributed by atoms with Gasteiger partial charge in [0.05, 0.1) is 6.61 Å². The molecule has 0 aromatic heterocycles. The summed E-state index contributed by atoms with van der Waals surface area (Å²) in [5.74, 6) is 0.747. The number of hydrogen-bond acceptors (Lipinski definition) is 2. The molecule has 0 spiro atoms. The van der Waals surface area contributed by atoms with E-state index in [-0.39, 0.29) is 5.91 Å². The van der Waals surface area contributed by atoms with Gasteiger partial charge in [0.2, 0.25) is 0 Å². The van der Waals surface area contributed by atoms with Crippen molar-refractivity contribution in [3.8, 4) is 5.75 Å². The van der Waals surface area contributed by atoms with Crippen LogP contribution < -0.4 is 10.1 Å². The summed E-state index contributed by atoms with van der Waals surface area (Å²) in [6.45, 7) is 8.79. The number of carbonyl (C=O) groups is 1. The fraction of sp³-hybridized carbons (Fsp3) is 0.316. The summed E-state index contributed by atoms with van der Waals surface area (Å²) in [4.78, 5) is 12.3. The highest BCUT2D eigenvalue weighted by molar-refractivity contribution is 6.04. The molecule has 2 aromatic rings. The number of benzene rings is 2. The van der Waals surface area contributed by atoms with E-state index in [1.165, 1.54) is 5.56 Å². The molecular weight excluding hydrogens is 274 g/mol. The Hall–Kier alpha value is -2.29. The van der Waals surface area contributed by atoms with Crippen molar-refractivity contribution in [2.75, 3.05) is 11.9 Å². The second kappa shape index (κ2) is 7.12. The first-order chi connectivity index (χ1) is 10.5. The fourth-order valence-corrected chi connectivity index (χ4v) is 2.16. The van der Waals surface area contributed by atoms with Crippen molar-refractivity contribution in [3.63, 3.8) is 0 Å². The highest BCUT2D eigenvalue weighted by Crippen LogP contribution is 2.22. The van der Waals surface area contributed by atoms with E-state index < -0.39 is 0 Å². The fourth-order valence-electron chi connectivity index (χ4n) is 2.16. The summed E-state index contributed by atoms with van der Waals surface area (Å²) in [7, 11) is 0. The van der Waals surface area contributed by atoms with Gasteiger partial charge in [0, 0.05) is 11.3 Å². The molecule has 0 heterocycles. The van der Waals surface area contributed by atoms with E-state index in [1.54, 1.807) is 0 Å². The third-order valence-corrected chi connectivity index (χ3v) is 3.69. The van der Waals surface area contributed by atoms with Gasteiger partial charge in [-0.05, 0) is 74.2 Å². The summed E-state index contributed by atoms with van der Waals surface area (Å²) in [6.07, 6.45) is 0.976. The van der Waals surface area contributed by atoms with E-state index in [2.05, 4.69) is 12.2 Å². The normalized spacial score (nSPS) is 10.4. The molecule has 116 valence electrons. The smallest absolute Gasteiger partial charge is 0.255 e. The minimum absolute atomic E-state index is 0.0894. The lowest BCUT2D eigenvalue weighted by Crippen LogP contribution is -2.13. The highest BCUT2D eigenvalue weighted by Gasteiger charge is 2.09. The third-order valence-electron chi connectivity index (χ3n) is 3.69. The second-order valence-electron chi connectivity index (χ2n) is 5.58. The number of carbonyl (C=O) groups excluding carboxylic acids is 1. The molecule has 0 bridgehead atoms. The van der Waals surface area contributed by atoms with Gasteiger partial charge in [-0.3, -0.25) is 4.79 Å². The Morgan fingerprint density at radius 2 is 1.77 bits per heavy atom. The van der Waals surface area contributed by atoms with E-state index in [0.717, 1.165) is 29.0 Å². The zero-order chi connectivity index (χ0) is 16.1. The maximum atomic E-state index is 12.3. The van der Waals surface area contributed by atoms with Gasteiger partial charge >= 0.3 is 0 Å². The van der Waals surface area contributed by atoms with Crippen LogP contribution in [0.4, 0.5) is 5.69 Å². The topological polar surface area (TPSA) is 38.3 Å². The molecule has 0 unspecified atom stereocenters. The average molecular weight is 297 g/mol. The van der Waals surface area contributed by atoms with E-state index >= 15 is 0 Å². The van der Waals surface area contributed by atoms with E-state index in [0.29, 0.717) is 12.2 Å². The Morgan fingerprint density at radius 1 is 1.00 bits per heavy atom. The van der Waals surface area contributed by atoms with Crippen LogP contribution in [-0.4, -0.2) is 12.5 Å². The van der Waals surface area contributed by atoms with E-state index in [1.807, 2.05) is 57.2 Å². The van der Waals surface area contributed by atoms with Crippen molar-refractivity contribution in [2.24, 2.45) is 0 Å². The molecule has 0 radical (unpaired) electrons. The molecule has 0 aliphatic carbocycles. The van der Waals surface area contributed by atoms with E-state index in [4.69, 9.17) is 4.74 Å². The maximum absolute atomic E-state index is 12.3. The molecule has 1 N–H and O–H groups in total. The largest absolute Gasteiger partial charge is 0.494 e. The average Bonchev–Trinajstić information content (AvgIpc) is 2.50. The first kappa shape index (κ1) is 16.1. The predicted octanol–water partition coefficient (Wildman–Crippen LogP) is 4.65. The molecule has 22 heavy (non-hydrogen) atoms. The molecule has 0 aliphatic heterocycles. The lowest BCUT2D eigenvalue weighted by molar-refractivity contribution is 0.102. The van der Waals surface area contributed by atoms with Crippen molar-refractivity contribution >= 4 is 11.6 Å². The van der Waals surface area contributed by atoms with Gasteiger partial charge in [-0.15, -0.1) is 0 Å². The number of amides is 1. The van der Waals surface area contributed by atoms with Crippen LogP contribution in [0.2, 0.25) is 0 Å². The summed E-state index contributed by atoms with van der Waals surface area (Å²) in [5, 5.41) is 2.96. The summed E-state index contributed by atoms with van der Waals surface area (Å²) >= 11 is 0. The van der Waals surface area contributed by atoms with Gasteiger partial charge in [-0.1, -0.05) is 13.0 Å². The predicted molar refractivity (Wildman–Crippen MR) is 90.8 cm³/mol. The zero-order valence-electron chi connectivity index (χ0n) is 13.7. The van der Waals surface area contributed by atoms with Crippen LogP contribution in [0.3, 0.4) is 0 Å². The lowest BCUT2D eigenvalue weighted by atomic mass is 10.1. The molecule has 3 nitrogen and oxygen atoms in total. The molecule has 0 fully saturated rings. The van der Waals surface area contributed by atoms with Gasteiger partial charge in [0.25, 0.3) is 5.91 Å². The Kier molecular flexibility index (Phi) is 5.21. The Labute approximate surface area is 132 Å². The monoisotopic (exact) mass is 297 g/mol. The first-order valence-corrected chi connectivity index (χ1v) is 7.63. The minimum atomic E-state index is -0.0894. The van der Waals surface area contributed by atoms with Crippen molar-refractivity contribution in [1.29, 1.82) is 0 Å². The van der Waals surface area contributed by atoms with Crippen molar-refractivity contribution in [3.05, 3.63) is 58.7 Å². The summed E-state index contributed by atoms with van der Waals surface area (Å²) < 4.78 is 5.60. The van der Waals surface area contributed by atoms with Crippen LogP contribution in [0.25, 0.3) is 0 Å². The number of ether oxygens (including phenoxy) is 1. The number of nitrogens with one attached hydrogen (secondary N) is 1. The second-order valence-corrected chi connectivity index (χ2v) is 5.58. The molecule has 2 aromatic carbocycles. The molecule has 0 atom stereocenters. The number of hydrogen-bond donors (Lipinski definition) is 1. The molecule has 1 amide bonds. The van der Waals surface area contributed by atoms with Gasteiger partial charge < -0.3 is 10.1 Å². The van der Waals surface area contributed by atoms with E-state index in [9.17, 15) is 4.79 Å². The number of aryl methyl sites for hydroxylation is 3. The van der Waals surface area contributed by atoms with Crippen LogP contribution >= 0.6 is 0 Å². The van der Waals surface area contributed by atoms with Gasteiger partial charge in [-0.2, -0.15) is 0 Å². The summed E-state index contributed by atoms with van der Waals surface area (Å²) in [5.41, 5.74) is 4.78. The Bertz CT molecular complexity index is 677. The SMILES string of the molecule is CCCOc1ccc(NC(=O)c2ccc(C)c(C)c2)c(C)c1. The zero-order valence-corrected chi connectivity index (χ0v) is 13.7.